The standard InChI is InChI=1S/C13H23N3O3S2/c1-8(2)7-16(5)13-11(21(6,18)19)9(14)10(20-13)12(17)15(3)4/h8H,7,14H2,1-6H3. The molecule has 1 heterocycles. The number of carbonyl (C=O) groups is 1. The first-order chi connectivity index (χ1) is 9.46. The second kappa shape index (κ2) is 6.23. The number of hydrogen-bond acceptors (Lipinski definition) is 6. The monoisotopic (exact) mass is 333 g/mol. The highest BCUT2D eigenvalue weighted by Gasteiger charge is 2.29. The summed E-state index contributed by atoms with van der Waals surface area (Å²) < 4.78 is 24.1. The second-order valence-electron chi connectivity index (χ2n) is 5.73. The third-order valence-electron chi connectivity index (χ3n) is 2.84. The van der Waals surface area contributed by atoms with Gasteiger partial charge in [-0.15, -0.1) is 11.3 Å². The maximum absolute atomic E-state index is 12.1. The number of carbonyl (C=O) groups excluding carboxylic acids is 1. The molecule has 0 fully saturated rings. The SMILES string of the molecule is CC(C)CN(C)c1sc(C(=O)N(C)C)c(N)c1S(C)(=O)=O. The topological polar surface area (TPSA) is 83.7 Å². The van der Waals surface area contributed by atoms with Gasteiger partial charge in [0.15, 0.2) is 9.84 Å². The normalized spacial score (nSPS) is 11.8. The van der Waals surface area contributed by atoms with E-state index in [1.165, 1.54) is 4.90 Å². The van der Waals surface area contributed by atoms with Gasteiger partial charge in [-0.25, -0.2) is 8.42 Å². The molecular weight excluding hydrogens is 310 g/mol. The van der Waals surface area contributed by atoms with Crippen LogP contribution in [0, 0.1) is 5.92 Å². The molecule has 1 rings (SSSR count). The van der Waals surface area contributed by atoms with Crippen molar-refractivity contribution in [3.05, 3.63) is 4.88 Å². The molecule has 8 heteroatoms. The van der Waals surface area contributed by atoms with E-state index in [-0.39, 0.29) is 21.4 Å². The van der Waals surface area contributed by atoms with Crippen molar-refractivity contribution in [3.63, 3.8) is 0 Å². The van der Waals surface area contributed by atoms with Gasteiger partial charge in [0, 0.05) is 33.9 Å². The van der Waals surface area contributed by atoms with E-state index < -0.39 is 9.84 Å². The average molecular weight is 333 g/mol. The summed E-state index contributed by atoms with van der Waals surface area (Å²) in [6.07, 6.45) is 1.11. The summed E-state index contributed by atoms with van der Waals surface area (Å²) in [6.45, 7) is 4.76. The lowest BCUT2D eigenvalue weighted by atomic mass is 10.2. The van der Waals surface area contributed by atoms with Crippen LogP contribution in [0.3, 0.4) is 0 Å². The van der Waals surface area contributed by atoms with Crippen molar-refractivity contribution >= 4 is 37.8 Å². The summed E-state index contributed by atoms with van der Waals surface area (Å²) in [7, 11) is 1.52. The first kappa shape index (κ1) is 17.8. The predicted octanol–water partition coefficient (Wildman–Crippen LogP) is 1.53. The zero-order valence-corrected chi connectivity index (χ0v) is 14.9. The van der Waals surface area contributed by atoms with Crippen LogP contribution in [0.15, 0.2) is 4.90 Å². The minimum absolute atomic E-state index is 0.0480. The van der Waals surface area contributed by atoms with Gasteiger partial charge >= 0.3 is 0 Å². The lowest BCUT2D eigenvalue weighted by Crippen LogP contribution is -2.23. The lowest BCUT2D eigenvalue weighted by molar-refractivity contribution is 0.0833. The van der Waals surface area contributed by atoms with Gasteiger partial charge in [0.1, 0.15) is 14.8 Å². The van der Waals surface area contributed by atoms with E-state index in [2.05, 4.69) is 0 Å². The van der Waals surface area contributed by atoms with Gasteiger partial charge < -0.3 is 15.5 Å². The van der Waals surface area contributed by atoms with E-state index in [0.29, 0.717) is 17.5 Å². The zero-order valence-electron chi connectivity index (χ0n) is 13.3. The van der Waals surface area contributed by atoms with Crippen molar-refractivity contribution in [1.29, 1.82) is 0 Å². The molecule has 0 aliphatic carbocycles. The van der Waals surface area contributed by atoms with Crippen LogP contribution in [-0.2, 0) is 9.84 Å². The smallest absolute Gasteiger partial charge is 0.265 e. The highest BCUT2D eigenvalue weighted by Crippen LogP contribution is 2.41. The van der Waals surface area contributed by atoms with Crippen molar-refractivity contribution in [3.8, 4) is 0 Å². The van der Waals surface area contributed by atoms with Crippen molar-refractivity contribution in [2.45, 2.75) is 18.7 Å². The number of nitrogens with two attached hydrogens (primary N) is 1. The minimum Gasteiger partial charge on any atom is -0.396 e. The zero-order chi connectivity index (χ0) is 16.5. The molecular formula is C13H23N3O3S2. The molecule has 0 spiro atoms. The molecule has 6 nitrogen and oxygen atoms in total. The maximum Gasteiger partial charge on any atom is 0.265 e. The number of nitrogens with zero attached hydrogens (tertiary/aromatic N) is 2. The predicted molar refractivity (Wildman–Crippen MR) is 88.0 cm³/mol. The first-order valence-electron chi connectivity index (χ1n) is 6.51. The van der Waals surface area contributed by atoms with Crippen LogP contribution in [0.1, 0.15) is 23.5 Å². The molecule has 0 aromatic carbocycles. The molecule has 1 amide bonds. The van der Waals surface area contributed by atoms with Gasteiger partial charge in [0.05, 0.1) is 5.69 Å². The van der Waals surface area contributed by atoms with Gasteiger partial charge in [-0.2, -0.15) is 0 Å². The number of hydrogen-bond donors (Lipinski definition) is 1. The molecule has 0 atom stereocenters. The van der Waals surface area contributed by atoms with Crippen LogP contribution in [-0.4, -0.2) is 53.2 Å². The van der Waals surface area contributed by atoms with Crippen LogP contribution in [0.4, 0.5) is 10.7 Å². The quantitative estimate of drug-likeness (QED) is 0.883. The summed E-state index contributed by atoms with van der Waals surface area (Å²) in [5, 5.41) is 0.522. The fraction of sp³-hybridized carbons (Fsp3) is 0.615. The van der Waals surface area contributed by atoms with Crippen molar-refractivity contribution in [1.82, 2.24) is 4.90 Å². The van der Waals surface area contributed by atoms with Crippen LogP contribution in [0.5, 0.6) is 0 Å². The highest BCUT2D eigenvalue weighted by molar-refractivity contribution is 7.91. The number of sulfone groups is 1. The summed E-state index contributed by atoms with van der Waals surface area (Å²) in [5.41, 5.74) is 6.00. The van der Waals surface area contributed by atoms with Crippen LogP contribution in [0.25, 0.3) is 0 Å². The van der Waals surface area contributed by atoms with Crippen molar-refractivity contribution < 1.29 is 13.2 Å². The highest BCUT2D eigenvalue weighted by atomic mass is 32.2. The third-order valence-corrected chi connectivity index (χ3v) is 5.43. The molecule has 21 heavy (non-hydrogen) atoms. The Bertz CT molecular complexity index is 633. The number of rotatable bonds is 5. The van der Waals surface area contributed by atoms with Crippen molar-refractivity contribution in [2.75, 3.05) is 44.6 Å². The Morgan fingerprint density at radius 2 is 1.81 bits per heavy atom. The minimum atomic E-state index is -3.51. The third kappa shape index (κ3) is 3.88. The summed E-state index contributed by atoms with van der Waals surface area (Å²) >= 11 is 1.13. The van der Waals surface area contributed by atoms with Gasteiger partial charge in [-0.1, -0.05) is 13.8 Å². The average Bonchev–Trinajstić information content (AvgIpc) is 2.64. The van der Waals surface area contributed by atoms with Crippen LogP contribution < -0.4 is 10.6 Å². The lowest BCUT2D eigenvalue weighted by Gasteiger charge is -2.20. The molecule has 0 unspecified atom stereocenters. The van der Waals surface area contributed by atoms with E-state index in [1.54, 1.807) is 14.1 Å². The van der Waals surface area contributed by atoms with E-state index in [9.17, 15) is 13.2 Å². The molecule has 0 aliphatic rings. The summed E-state index contributed by atoms with van der Waals surface area (Å²) in [6, 6.07) is 0. The molecule has 120 valence electrons. The largest absolute Gasteiger partial charge is 0.396 e. The fourth-order valence-electron chi connectivity index (χ4n) is 2.02. The molecule has 2 N–H and O–H groups in total. The maximum atomic E-state index is 12.1. The Hall–Kier alpha value is -1.28. The van der Waals surface area contributed by atoms with E-state index in [0.717, 1.165) is 17.6 Å². The molecule has 0 saturated carbocycles. The number of nitrogen functional groups attached to an aromatic ring is 1. The Morgan fingerprint density at radius 3 is 2.19 bits per heavy atom. The number of thiophene rings is 1. The van der Waals surface area contributed by atoms with Crippen LogP contribution >= 0.6 is 11.3 Å². The summed E-state index contributed by atoms with van der Waals surface area (Å²) in [4.78, 5) is 15.7. The molecule has 1 aromatic rings. The van der Waals surface area contributed by atoms with Gasteiger partial charge in [0.25, 0.3) is 5.91 Å². The Kier molecular flexibility index (Phi) is 5.27. The van der Waals surface area contributed by atoms with Crippen molar-refractivity contribution in [2.24, 2.45) is 5.92 Å². The molecule has 1 aromatic heterocycles. The Labute approximate surface area is 130 Å². The molecule has 0 saturated heterocycles. The summed E-state index contributed by atoms with van der Waals surface area (Å²) in [5.74, 6) is 0.0744. The van der Waals surface area contributed by atoms with Gasteiger partial charge in [-0.05, 0) is 5.92 Å². The second-order valence-corrected chi connectivity index (χ2v) is 8.68. The van der Waals surface area contributed by atoms with E-state index in [1.807, 2.05) is 25.8 Å². The van der Waals surface area contributed by atoms with E-state index >= 15 is 0 Å². The van der Waals surface area contributed by atoms with Gasteiger partial charge in [-0.3, -0.25) is 4.79 Å². The number of amides is 1. The van der Waals surface area contributed by atoms with E-state index in [4.69, 9.17) is 5.73 Å². The number of anilines is 2. The first-order valence-corrected chi connectivity index (χ1v) is 9.22. The Balaban J connectivity index is 3.49. The Morgan fingerprint density at radius 1 is 1.29 bits per heavy atom. The molecule has 0 bridgehead atoms. The van der Waals surface area contributed by atoms with Gasteiger partial charge in [0.2, 0.25) is 0 Å². The van der Waals surface area contributed by atoms with Crippen LogP contribution in [0.2, 0.25) is 0 Å². The molecule has 0 aliphatic heterocycles. The fourth-order valence-corrected chi connectivity index (χ4v) is 4.75. The molecule has 0 radical (unpaired) electrons.